The number of amides is 2. The summed E-state index contributed by atoms with van der Waals surface area (Å²) in [6.07, 6.45) is 0. The van der Waals surface area contributed by atoms with Gasteiger partial charge in [-0.25, -0.2) is 9.40 Å². The van der Waals surface area contributed by atoms with Crippen LogP contribution < -0.4 is 5.43 Å². The Balaban J connectivity index is 2.28. The summed E-state index contributed by atoms with van der Waals surface area (Å²) in [7, 11) is 0. The van der Waals surface area contributed by atoms with Crippen LogP contribution in [0.4, 0.5) is 4.39 Å². The van der Waals surface area contributed by atoms with Gasteiger partial charge in [0.25, 0.3) is 11.8 Å². The van der Waals surface area contributed by atoms with Crippen LogP contribution in [-0.4, -0.2) is 22.4 Å². The Kier molecular flexibility index (Phi) is 4.79. The zero-order valence-corrected chi connectivity index (χ0v) is 13.3. The third-order valence-corrected chi connectivity index (χ3v) is 3.19. The van der Waals surface area contributed by atoms with Gasteiger partial charge in [0.1, 0.15) is 5.82 Å². The minimum absolute atomic E-state index is 0.174. The van der Waals surface area contributed by atoms with Gasteiger partial charge in [-0.3, -0.25) is 15.0 Å². The summed E-state index contributed by atoms with van der Waals surface area (Å²) < 4.78 is 13.4. The zero-order valence-electron chi connectivity index (χ0n) is 13.3. The van der Waals surface area contributed by atoms with Crippen molar-refractivity contribution in [1.29, 1.82) is 0 Å². The van der Waals surface area contributed by atoms with E-state index in [-0.39, 0.29) is 5.56 Å². The average Bonchev–Trinajstić information content (AvgIpc) is 2.51. The van der Waals surface area contributed by atoms with Crippen molar-refractivity contribution in [1.82, 2.24) is 10.4 Å². The minimum Gasteiger partial charge on any atom is -0.267 e. The van der Waals surface area contributed by atoms with Crippen LogP contribution in [0.25, 0.3) is 0 Å². The van der Waals surface area contributed by atoms with Crippen LogP contribution in [0.15, 0.2) is 54.6 Å². The Morgan fingerprint density at radius 3 is 2.13 bits per heavy atom. The van der Waals surface area contributed by atoms with E-state index in [0.717, 1.165) is 6.07 Å². The molecule has 1 N–H and O–H groups in total. The van der Waals surface area contributed by atoms with E-state index < -0.39 is 23.2 Å². The zero-order chi connectivity index (χ0) is 17.0. The number of hydrazine groups is 1. The third-order valence-electron chi connectivity index (χ3n) is 3.19. The molecular formula is C18H19FN2O2. The maximum absolute atomic E-state index is 13.4. The molecule has 2 aromatic rings. The lowest BCUT2D eigenvalue weighted by atomic mass is 10.1. The first kappa shape index (κ1) is 16.7. The molecule has 0 fully saturated rings. The summed E-state index contributed by atoms with van der Waals surface area (Å²) in [4.78, 5) is 25.0. The maximum atomic E-state index is 13.4. The van der Waals surface area contributed by atoms with Crippen molar-refractivity contribution < 1.29 is 14.0 Å². The topological polar surface area (TPSA) is 49.4 Å². The molecule has 120 valence electrons. The Hall–Kier alpha value is -2.69. The third kappa shape index (κ3) is 4.16. The summed E-state index contributed by atoms with van der Waals surface area (Å²) in [5.41, 5.74) is 2.55. The van der Waals surface area contributed by atoms with Crippen molar-refractivity contribution >= 4 is 11.8 Å². The van der Waals surface area contributed by atoms with E-state index in [1.165, 1.54) is 23.2 Å². The highest BCUT2D eigenvalue weighted by Gasteiger charge is 2.29. The number of halogens is 1. The fourth-order valence-electron chi connectivity index (χ4n) is 2.03. The monoisotopic (exact) mass is 314 g/mol. The summed E-state index contributed by atoms with van der Waals surface area (Å²) in [6.45, 7) is 5.36. The molecule has 0 atom stereocenters. The fraction of sp³-hybridized carbons (Fsp3) is 0.222. The summed E-state index contributed by atoms with van der Waals surface area (Å²) in [5.74, 6) is -1.37. The SMILES string of the molecule is CC(C)(C)N(NC(=O)c1ccccc1)C(=O)c1cccc(F)c1. The molecule has 2 rings (SSSR count). The van der Waals surface area contributed by atoms with Crippen molar-refractivity contribution in [2.45, 2.75) is 26.3 Å². The first-order valence-corrected chi connectivity index (χ1v) is 7.25. The van der Waals surface area contributed by atoms with Crippen molar-refractivity contribution in [3.8, 4) is 0 Å². The molecule has 2 amide bonds. The lowest BCUT2D eigenvalue weighted by Gasteiger charge is -2.35. The van der Waals surface area contributed by atoms with E-state index in [1.54, 1.807) is 51.1 Å². The second kappa shape index (κ2) is 6.60. The molecule has 23 heavy (non-hydrogen) atoms. The van der Waals surface area contributed by atoms with E-state index in [9.17, 15) is 14.0 Å². The van der Waals surface area contributed by atoms with Gasteiger partial charge in [-0.05, 0) is 51.1 Å². The van der Waals surface area contributed by atoms with Crippen LogP contribution in [0.1, 0.15) is 41.5 Å². The lowest BCUT2D eigenvalue weighted by Crippen LogP contribution is -2.55. The first-order chi connectivity index (χ1) is 10.8. The predicted octanol–water partition coefficient (Wildman–Crippen LogP) is 3.41. The van der Waals surface area contributed by atoms with Crippen LogP contribution in [0.2, 0.25) is 0 Å². The molecule has 0 radical (unpaired) electrons. The number of benzene rings is 2. The molecule has 4 nitrogen and oxygen atoms in total. The molecule has 0 aliphatic carbocycles. The first-order valence-electron chi connectivity index (χ1n) is 7.25. The second-order valence-corrected chi connectivity index (χ2v) is 6.13. The number of rotatable bonds is 2. The van der Waals surface area contributed by atoms with E-state index >= 15 is 0 Å². The minimum atomic E-state index is -0.673. The average molecular weight is 314 g/mol. The summed E-state index contributed by atoms with van der Waals surface area (Å²) >= 11 is 0. The van der Waals surface area contributed by atoms with Gasteiger partial charge in [0.2, 0.25) is 0 Å². The molecule has 2 aromatic carbocycles. The maximum Gasteiger partial charge on any atom is 0.272 e. The van der Waals surface area contributed by atoms with Crippen molar-refractivity contribution in [2.75, 3.05) is 0 Å². The van der Waals surface area contributed by atoms with Gasteiger partial charge in [-0.2, -0.15) is 0 Å². The Bertz CT molecular complexity index is 708. The number of carbonyl (C=O) groups is 2. The standard InChI is InChI=1S/C18H19FN2O2/c1-18(2,3)21(17(23)14-10-7-11-15(19)12-14)20-16(22)13-8-5-4-6-9-13/h4-12H,1-3H3,(H,20,22). The van der Waals surface area contributed by atoms with E-state index in [1.807, 2.05) is 0 Å². The highest BCUT2D eigenvalue weighted by molar-refractivity contribution is 5.99. The van der Waals surface area contributed by atoms with Gasteiger partial charge in [0.15, 0.2) is 0 Å². The molecule has 0 spiro atoms. The summed E-state index contributed by atoms with van der Waals surface area (Å²) in [6, 6.07) is 14.0. The molecule has 0 aliphatic heterocycles. The largest absolute Gasteiger partial charge is 0.272 e. The second-order valence-electron chi connectivity index (χ2n) is 6.13. The van der Waals surface area contributed by atoms with Gasteiger partial charge < -0.3 is 0 Å². The molecule has 0 saturated heterocycles. The highest BCUT2D eigenvalue weighted by atomic mass is 19.1. The molecule has 0 aromatic heterocycles. The molecule has 5 heteroatoms. The van der Waals surface area contributed by atoms with Crippen LogP contribution in [0, 0.1) is 5.82 Å². The Morgan fingerprint density at radius 2 is 1.57 bits per heavy atom. The number of hydrogen-bond acceptors (Lipinski definition) is 2. The van der Waals surface area contributed by atoms with Gasteiger partial charge >= 0.3 is 0 Å². The number of nitrogens with zero attached hydrogens (tertiary/aromatic N) is 1. The van der Waals surface area contributed by atoms with Crippen molar-refractivity contribution in [3.05, 3.63) is 71.5 Å². The quantitative estimate of drug-likeness (QED) is 0.864. The van der Waals surface area contributed by atoms with Gasteiger partial charge in [-0.15, -0.1) is 0 Å². The fourth-order valence-corrected chi connectivity index (χ4v) is 2.03. The van der Waals surface area contributed by atoms with Crippen LogP contribution in [0.5, 0.6) is 0 Å². The molecular weight excluding hydrogens is 295 g/mol. The molecule has 0 unspecified atom stereocenters. The lowest BCUT2D eigenvalue weighted by molar-refractivity contribution is 0.0358. The molecule has 0 saturated carbocycles. The van der Waals surface area contributed by atoms with Crippen LogP contribution in [0.3, 0.4) is 0 Å². The van der Waals surface area contributed by atoms with E-state index in [4.69, 9.17) is 0 Å². The summed E-state index contributed by atoms with van der Waals surface area (Å²) in [5, 5.41) is 1.22. The number of carbonyl (C=O) groups excluding carboxylic acids is 2. The normalized spacial score (nSPS) is 11.0. The van der Waals surface area contributed by atoms with Gasteiger partial charge in [-0.1, -0.05) is 24.3 Å². The van der Waals surface area contributed by atoms with Gasteiger partial charge in [0, 0.05) is 11.1 Å². The Morgan fingerprint density at radius 1 is 0.957 bits per heavy atom. The van der Waals surface area contributed by atoms with Crippen LogP contribution >= 0.6 is 0 Å². The Labute approximate surface area is 134 Å². The number of nitrogens with one attached hydrogen (secondary N) is 1. The van der Waals surface area contributed by atoms with Crippen molar-refractivity contribution in [3.63, 3.8) is 0 Å². The van der Waals surface area contributed by atoms with E-state index in [2.05, 4.69) is 5.43 Å². The molecule has 0 heterocycles. The highest BCUT2D eigenvalue weighted by Crippen LogP contribution is 2.16. The van der Waals surface area contributed by atoms with Gasteiger partial charge in [0.05, 0.1) is 5.54 Å². The van der Waals surface area contributed by atoms with Crippen molar-refractivity contribution in [2.24, 2.45) is 0 Å². The smallest absolute Gasteiger partial charge is 0.267 e. The predicted molar refractivity (Wildman–Crippen MR) is 86.2 cm³/mol. The molecule has 0 bridgehead atoms. The molecule has 0 aliphatic rings. The van der Waals surface area contributed by atoms with E-state index in [0.29, 0.717) is 5.56 Å². The van der Waals surface area contributed by atoms with Crippen LogP contribution in [-0.2, 0) is 0 Å². The number of hydrogen-bond donors (Lipinski definition) is 1.